The van der Waals surface area contributed by atoms with Crippen LogP contribution < -0.4 is 5.69 Å². The first-order chi connectivity index (χ1) is 8.22. The average Bonchev–Trinajstić information content (AvgIpc) is 2.39. The minimum atomic E-state index is -0.575. The molecule has 0 radical (unpaired) electrons. The number of aromatic nitrogens is 3. The van der Waals surface area contributed by atoms with Gasteiger partial charge in [0, 0.05) is 12.4 Å². The van der Waals surface area contributed by atoms with Gasteiger partial charge in [-0.2, -0.15) is 0 Å². The van der Waals surface area contributed by atoms with Crippen LogP contribution in [0.2, 0.25) is 0 Å². The Morgan fingerprint density at radius 2 is 2.18 bits per heavy atom. The van der Waals surface area contributed by atoms with Gasteiger partial charge >= 0.3 is 11.7 Å². The number of rotatable bonds is 2. The highest BCUT2D eigenvalue weighted by atomic mass is 16.5. The largest absolute Gasteiger partial charge is 0.465 e. The third-order valence-corrected chi connectivity index (χ3v) is 2.14. The molecule has 2 aromatic heterocycles. The van der Waals surface area contributed by atoms with Crippen molar-refractivity contribution in [2.45, 2.75) is 0 Å². The summed E-state index contributed by atoms with van der Waals surface area (Å²) in [6.07, 6.45) is 2.74. The van der Waals surface area contributed by atoms with Crippen molar-refractivity contribution in [2.75, 3.05) is 7.11 Å². The molecule has 0 atom stereocenters. The normalized spacial score (nSPS) is 9.94. The summed E-state index contributed by atoms with van der Waals surface area (Å²) in [7, 11) is 1.26. The van der Waals surface area contributed by atoms with E-state index in [1.165, 1.54) is 13.3 Å². The van der Waals surface area contributed by atoms with Crippen LogP contribution in [0.1, 0.15) is 10.4 Å². The van der Waals surface area contributed by atoms with Gasteiger partial charge in [0.05, 0.1) is 18.5 Å². The molecule has 1 N–H and O–H groups in total. The molecule has 6 heteroatoms. The number of carbonyl (C=O) groups is 1. The van der Waals surface area contributed by atoms with Gasteiger partial charge in [-0.15, -0.1) is 0 Å². The number of hydrogen-bond acceptors (Lipinski definition) is 5. The van der Waals surface area contributed by atoms with Crippen molar-refractivity contribution in [1.29, 1.82) is 0 Å². The SMILES string of the molecule is COC(=O)c1cnc(=O)[nH]c1-c1ccccn1. The van der Waals surface area contributed by atoms with Crippen molar-refractivity contribution in [1.82, 2.24) is 15.0 Å². The second-order valence-corrected chi connectivity index (χ2v) is 3.18. The molecule has 2 rings (SSSR count). The van der Waals surface area contributed by atoms with Crippen LogP contribution in [0, 0.1) is 0 Å². The number of nitrogens with one attached hydrogen (secondary N) is 1. The molecule has 0 aliphatic rings. The molecule has 0 fully saturated rings. The monoisotopic (exact) mass is 231 g/mol. The lowest BCUT2D eigenvalue weighted by Crippen LogP contribution is -2.16. The van der Waals surface area contributed by atoms with Gasteiger partial charge in [0.2, 0.25) is 0 Å². The first kappa shape index (κ1) is 11.0. The molecule has 0 saturated carbocycles. The molecular formula is C11H9N3O3. The maximum absolute atomic E-state index is 11.5. The van der Waals surface area contributed by atoms with E-state index in [0.29, 0.717) is 11.4 Å². The van der Waals surface area contributed by atoms with E-state index in [2.05, 4.69) is 19.7 Å². The van der Waals surface area contributed by atoms with Crippen LogP contribution in [0.3, 0.4) is 0 Å². The number of hydrogen-bond donors (Lipinski definition) is 1. The predicted molar refractivity (Wildman–Crippen MR) is 59.4 cm³/mol. The van der Waals surface area contributed by atoms with Crippen LogP contribution in [-0.2, 0) is 4.74 Å². The molecular weight excluding hydrogens is 222 g/mol. The molecule has 2 aromatic rings. The van der Waals surface area contributed by atoms with Crippen LogP contribution in [0.25, 0.3) is 11.4 Å². The first-order valence-electron chi connectivity index (χ1n) is 4.81. The van der Waals surface area contributed by atoms with Gasteiger partial charge in [0.25, 0.3) is 0 Å². The number of esters is 1. The summed E-state index contributed by atoms with van der Waals surface area (Å²) >= 11 is 0. The molecule has 6 nitrogen and oxygen atoms in total. The molecule has 0 bridgehead atoms. The smallest absolute Gasteiger partial charge is 0.345 e. The highest BCUT2D eigenvalue weighted by molar-refractivity contribution is 5.95. The Kier molecular flexibility index (Phi) is 2.95. The van der Waals surface area contributed by atoms with Gasteiger partial charge in [-0.3, -0.25) is 4.98 Å². The van der Waals surface area contributed by atoms with Gasteiger partial charge < -0.3 is 9.72 Å². The number of H-pyrrole nitrogens is 1. The van der Waals surface area contributed by atoms with Crippen LogP contribution in [0.15, 0.2) is 35.4 Å². The zero-order chi connectivity index (χ0) is 12.3. The second-order valence-electron chi connectivity index (χ2n) is 3.18. The lowest BCUT2D eigenvalue weighted by atomic mass is 10.1. The minimum absolute atomic E-state index is 0.172. The minimum Gasteiger partial charge on any atom is -0.465 e. The van der Waals surface area contributed by atoms with Crippen LogP contribution in [0.4, 0.5) is 0 Å². The van der Waals surface area contributed by atoms with Crippen molar-refractivity contribution in [3.8, 4) is 11.4 Å². The number of carbonyl (C=O) groups excluding carboxylic acids is 1. The van der Waals surface area contributed by atoms with Crippen LogP contribution in [0.5, 0.6) is 0 Å². The number of nitrogens with zero attached hydrogens (tertiary/aromatic N) is 2. The van der Waals surface area contributed by atoms with Crippen LogP contribution >= 0.6 is 0 Å². The molecule has 0 aliphatic carbocycles. The maximum Gasteiger partial charge on any atom is 0.345 e. The highest BCUT2D eigenvalue weighted by Gasteiger charge is 2.15. The van der Waals surface area contributed by atoms with E-state index >= 15 is 0 Å². The number of ether oxygens (including phenoxy) is 1. The molecule has 86 valence electrons. The van der Waals surface area contributed by atoms with E-state index in [9.17, 15) is 9.59 Å². The Bertz CT molecular complexity index is 592. The third kappa shape index (κ3) is 2.20. The van der Waals surface area contributed by atoms with E-state index in [-0.39, 0.29) is 5.56 Å². The Morgan fingerprint density at radius 1 is 1.35 bits per heavy atom. The molecule has 0 amide bonds. The summed E-state index contributed by atoms with van der Waals surface area (Å²) in [5, 5.41) is 0. The summed E-state index contributed by atoms with van der Waals surface area (Å²) < 4.78 is 4.61. The van der Waals surface area contributed by atoms with Crippen molar-refractivity contribution in [3.63, 3.8) is 0 Å². The van der Waals surface area contributed by atoms with Crippen molar-refractivity contribution < 1.29 is 9.53 Å². The van der Waals surface area contributed by atoms with E-state index in [0.717, 1.165) is 0 Å². The van der Waals surface area contributed by atoms with E-state index < -0.39 is 11.7 Å². The summed E-state index contributed by atoms with van der Waals surface area (Å²) in [6.45, 7) is 0. The topological polar surface area (TPSA) is 84.9 Å². The molecule has 0 aliphatic heterocycles. The highest BCUT2D eigenvalue weighted by Crippen LogP contribution is 2.17. The van der Waals surface area contributed by atoms with Gasteiger partial charge in [0.15, 0.2) is 0 Å². The van der Waals surface area contributed by atoms with Gasteiger partial charge in [-0.1, -0.05) is 6.07 Å². The average molecular weight is 231 g/mol. The second kappa shape index (κ2) is 4.56. The lowest BCUT2D eigenvalue weighted by Gasteiger charge is -2.05. The standard InChI is InChI=1S/C11H9N3O3/c1-17-10(15)7-6-13-11(16)14-9(7)8-4-2-3-5-12-8/h2-6H,1H3,(H,13,14,16). The number of aromatic amines is 1. The molecule has 0 saturated heterocycles. The molecule has 2 heterocycles. The molecule has 0 unspecified atom stereocenters. The van der Waals surface area contributed by atoms with Crippen LogP contribution in [-0.4, -0.2) is 28.0 Å². The predicted octanol–water partition coefficient (Wildman–Crippen LogP) is 0.619. The molecule has 0 aromatic carbocycles. The van der Waals surface area contributed by atoms with E-state index in [4.69, 9.17) is 0 Å². The van der Waals surface area contributed by atoms with Gasteiger partial charge in [0.1, 0.15) is 5.56 Å². The maximum atomic E-state index is 11.5. The lowest BCUT2D eigenvalue weighted by molar-refractivity contribution is 0.0600. The summed E-state index contributed by atoms with van der Waals surface area (Å²) in [4.78, 5) is 32.7. The Hall–Kier alpha value is -2.50. The van der Waals surface area contributed by atoms with Gasteiger partial charge in [-0.25, -0.2) is 14.6 Å². The fourth-order valence-corrected chi connectivity index (χ4v) is 1.37. The van der Waals surface area contributed by atoms with Crippen molar-refractivity contribution in [3.05, 3.63) is 46.6 Å². The van der Waals surface area contributed by atoms with E-state index in [1.807, 2.05) is 0 Å². The Morgan fingerprint density at radius 3 is 2.82 bits per heavy atom. The first-order valence-corrected chi connectivity index (χ1v) is 4.81. The molecule has 0 spiro atoms. The number of methoxy groups -OCH3 is 1. The fraction of sp³-hybridized carbons (Fsp3) is 0.0909. The third-order valence-electron chi connectivity index (χ3n) is 2.14. The fourth-order valence-electron chi connectivity index (χ4n) is 1.37. The van der Waals surface area contributed by atoms with Gasteiger partial charge in [-0.05, 0) is 12.1 Å². The number of pyridine rings is 1. The Balaban J connectivity index is 2.63. The molecule has 17 heavy (non-hydrogen) atoms. The van der Waals surface area contributed by atoms with Crippen molar-refractivity contribution >= 4 is 5.97 Å². The summed E-state index contributed by atoms with van der Waals surface area (Å²) in [5.41, 5.74) is 0.411. The quantitative estimate of drug-likeness (QED) is 0.766. The van der Waals surface area contributed by atoms with Crippen molar-refractivity contribution in [2.24, 2.45) is 0 Å². The zero-order valence-electron chi connectivity index (χ0n) is 9.01. The zero-order valence-corrected chi connectivity index (χ0v) is 9.01. The summed E-state index contributed by atoms with van der Waals surface area (Å²) in [5.74, 6) is -0.575. The van der Waals surface area contributed by atoms with E-state index in [1.54, 1.807) is 24.4 Å². The Labute approximate surface area is 96.3 Å². The summed E-state index contributed by atoms with van der Waals surface area (Å²) in [6, 6.07) is 5.17.